The Morgan fingerprint density at radius 2 is 1.65 bits per heavy atom. The second-order valence-electron chi connectivity index (χ2n) is 6.36. The van der Waals surface area contributed by atoms with Gasteiger partial charge in [0.2, 0.25) is 0 Å². The first-order valence-corrected chi connectivity index (χ1v) is 7.60. The molecule has 2 saturated carbocycles. The van der Waals surface area contributed by atoms with Gasteiger partial charge in [-0.15, -0.1) is 0 Å². The summed E-state index contributed by atoms with van der Waals surface area (Å²) >= 11 is 0. The maximum atomic E-state index is 13.5. The van der Waals surface area contributed by atoms with Gasteiger partial charge in [0, 0.05) is 6.61 Å². The summed E-state index contributed by atoms with van der Waals surface area (Å²) in [5.74, 6) is 2.09. The molecule has 4 atom stereocenters. The normalized spacial score (nSPS) is 44.3. The van der Waals surface area contributed by atoms with Crippen LogP contribution >= 0.6 is 0 Å². The van der Waals surface area contributed by atoms with Crippen molar-refractivity contribution >= 4 is 0 Å². The highest BCUT2D eigenvalue weighted by Crippen LogP contribution is 2.44. The van der Waals surface area contributed by atoms with Crippen LogP contribution in [0.15, 0.2) is 0 Å². The second-order valence-corrected chi connectivity index (χ2v) is 6.36. The van der Waals surface area contributed by atoms with Crippen molar-refractivity contribution in [2.45, 2.75) is 70.1 Å². The first-order valence-electron chi connectivity index (χ1n) is 7.60. The Hall–Kier alpha value is -0.110. The Bertz CT molecular complexity index is 249. The Balaban J connectivity index is 1.66. The van der Waals surface area contributed by atoms with E-state index in [1.54, 1.807) is 0 Å². The van der Waals surface area contributed by atoms with Gasteiger partial charge in [-0.05, 0) is 56.3 Å². The predicted molar refractivity (Wildman–Crippen MR) is 66.7 cm³/mol. The number of ether oxygens (including phenoxy) is 1. The third-order valence-electron chi connectivity index (χ3n) is 5.31. The molecule has 2 heteroatoms. The average molecular weight is 240 g/mol. The topological polar surface area (TPSA) is 9.23 Å². The molecule has 3 fully saturated rings. The smallest absolute Gasteiger partial charge is 0.100 e. The van der Waals surface area contributed by atoms with E-state index in [1.807, 2.05) is 0 Å². The van der Waals surface area contributed by atoms with Crippen LogP contribution < -0.4 is 0 Å². The Kier molecular flexibility index (Phi) is 3.69. The summed E-state index contributed by atoms with van der Waals surface area (Å²) < 4.78 is 19.6. The van der Waals surface area contributed by atoms with E-state index >= 15 is 0 Å². The third-order valence-corrected chi connectivity index (χ3v) is 5.31. The van der Waals surface area contributed by atoms with Crippen LogP contribution in [-0.2, 0) is 4.74 Å². The lowest BCUT2D eigenvalue weighted by Crippen LogP contribution is -2.44. The predicted octanol–water partition coefficient (Wildman–Crippen LogP) is 4.11. The second kappa shape index (κ2) is 5.26. The molecular weight excluding hydrogens is 215 g/mol. The number of hydrogen-bond acceptors (Lipinski definition) is 1. The molecule has 2 aliphatic carbocycles. The SMILES string of the molecule is FC1CC[C@H]2[C@@H](CCO[C@@H]2C2CCCCC2)C1. The molecular formula is C15H25FO. The van der Waals surface area contributed by atoms with Crippen LogP contribution in [0, 0.1) is 17.8 Å². The molecule has 0 N–H and O–H groups in total. The fraction of sp³-hybridized carbons (Fsp3) is 1.00. The molecule has 17 heavy (non-hydrogen) atoms. The Morgan fingerprint density at radius 1 is 0.824 bits per heavy atom. The lowest BCUT2D eigenvalue weighted by molar-refractivity contribution is -0.112. The molecule has 3 aliphatic rings. The van der Waals surface area contributed by atoms with E-state index in [1.165, 1.54) is 32.1 Å². The van der Waals surface area contributed by atoms with Crippen molar-refractivity contribution in [3.8, 4) is 0 Å². The zero-order valence-corrected chi connectivity index (χ0v) is 10.7. The maximum absolute atomic E-state index is 13.5. The molecule has 0 amide bonds. The van der Waals surface area contributed by atoms with Gasteiger partial charge < -0.3 is 4.74 Å². The Morgan fingerprint density at radius 3 is 2.47 bits per heavy atom. The van der Waals surface area contributed by atoms with E-state index in [2.05, 4.69) is 0 Å². The molecule has 0 aromatic rings. The lowest BCUT2D eigenvalue weighted by Gasteiger charge is -2.46. The zero-order chi connectivity index (χ0) is 11.7. The minimum Gasteiger partial charge on any atom is -0.378 e. The molecule has 0 spiro atoms. The van der Waals surface area contributed by atoms with Crippen LogP contribution in [0.2, 0.25) is 0 Å². The van der Waals surface area contributed by atoms with Crippen LogP contribution in [0.25, 0.3) is 0 Å². The van der Waals surface area contributed by atoms with Crippen LogP contribution in [0.5, 0.6) is 0 Å². The molecule has 98 valence electrons. The molecule has 3 rings (SSSR count). The fourth-order valence-electron chi connectivity index (χ4n) is 4.42. The number of halogens is 1. The minimum absolute atomic E-state index is 0.474. The van der Waals surface area contributed by atoms with Crippen LogP contribution in [0.4, 0.5) is 4.39 Å². The highest BCUT2D eigenvalue weighted by molar-refractivity contribution is 4.91. The molecule has 1 saturated heterocycles. The van der Waals surface area contributed by atoms with E-state index < -0.39 is 6.17 Å². The maximum Gasteiger partial charge on any atom is 0.100 e. The Labute approximate surface area is 104 Å². The van der Waals surface area contributed by atoms with E-state index in [0.717, 1.165) is 38.2 Å². The van der Waals surface area contributed by atoms with Crippen molar-refractivity contribution in [2.75, 3.05) is 6.61 Å². The molecule has 1 nitrogen and oxygen atoms in total. The standard InChI is InChI=1S/C15H25FO/c16-13-6-7-14-12(10-13)8-9-17-15(14)11-4-2-1-3-5-11/h11-15H,1-10H2/t12-,13?,14-,15+/m0/s1. The van der Waals surface area contributed by atoms with E-state index in [9.17, 15) is 4.39 Å². The highest BCUT2D eigenvalue weighted by atomic mass is 19.1. The average Bonchev–Trinajstić information content (AvgIpc) is 2.39. The van der Waals surface area contributed by atoms with Gasteiger partial charge in [-0.2, -0.15) is 0 Å². The van der Waals surface area contributed by atoms with E-state index in [-0.39, 0.29) is 0 Å². The molecule has 1 aliphatic heterocycles. The minimum atomic E-state index is -0.527. The van der Waals surface area contributed by atoms with Crippen molar-refractivity contribution in [1.29, 1.82) is 0 Å². The largest absolute Gasteiger partial charge is 0.378 e. The van der Waals surface area contributed by atoms with E-state index in [4.69, 9.17) is 4.74 Å². The molecule has 0 aromatic heterocycles. The summed E-state index contributed by atoms with van der Waals surface area (Å²) in [5.41, 5.74) is 0. The van der Waals surface area contributed by atoms with Gasteiger partial charge >= 0.3 is 0 Å². The van der Waals surface area contributed by atoms with Crippen molar-refractivity contribution in [1.82, 2.24) is 0 Å². The van der Waals surface area contributed by atoms with Gasteiger partial charge in [-0.25, -0.2) is 4.39 Å². The van der Waals surface area contributed by atoms with Crippen LogP contribution in [-0.4, -0.2) is 18.9 Å². The third kappa shape index (κ3) is 2.52. The first-order chi connectivity index (χ1) is 8.34. The van der Waals surface area contributed by atoms with E-state index in [0.29, 0.717) is 17.9 Å². The van der Waals surface area contributed by atoms with Gasteiger partial charge in [0.05, 0.1) is 6.10 Å². The molecule has 0 aromatic carbocycles. The van der Waals surface area contributed by atoms with Crippen molar-refractivity contribution in [2.24, 2.45) is 17.8 Å². The summed E-state index contributed by atoms with van der Waals surface area (Å²) in [5, 5.41) is 0. The molecule has 1 heterocycles. The summed E-state index contributed by atoms with van der Waals surface area (Å²) in [6.45, 7) is 0.884. The van der Waals surface area contributed by atoms with Crippen molar-refractivity contribution in [3.63, 3.8) is 0 Å². The summed E-state index contributed by atoms with van der Waals surface area (Å²) in [6, 6.07) is 0. The molecule has 1 unspecified atom stereocenters. The zero-order valence-electron chi connectivity index (χ0n) is 10.7. The summed E-state index contributed by atoms with van der Waals surface area (Å²) in [4.78, 5) is 0. The van der Waals surface area contributed by atoms with Crippen molar-refractivity contribution < 1.29 is 9.13 Å². The monoisotopic (exact) mass is 240 g/mol. The number of fused-ring (bicyclic) bond motifs is 1. The van der Waals surface area contributed by atoms with Gasteiger partial charge in [0.25, 0.3) is 0 Å². The summed E-state index contributed by atoms with van der Waals surface area (Å²) in [6.07, 6.45) is 10.6. The highest BCUT2D eigenvalue weighted by Gasteiger charge is 2.42. The van der Waals surface area contributed by atoms with Gasteiger partial charge in [-0.1, -0.05) is 19.3 Å². The number of hydrogen-bond donors (Lipinski definition) is 0. The number of rotatable bonds is 1. The van der Waals surface area contributed by atoms with Gasteiger partial charge in [-0.3, -0.25) is 0 Å². The van der Waals surface area contributed by atoms with Crippen LogP contribution in [0.1, 0.15) is 57.8 Å². The lowest BCUT2D eigenvalue weighted by atomic mass is 9.68. The van der Waals surface area contributed by atoms with Gasteiger partial charge in [0.1, 0.15) is 6.17 Å². The molecule has 0 bridgehead atoms. The summed E-state index contributed by atoms with van der Waals surface area (Å²) in [7, 11) is 0. The first kappa shape index (κ1) is 12.0. The number of alkyl halides is 1. The fourth-order valence-corrected chi connectivity index (χ4v) is 4.42. The van der Waals surface area contributed by atoms with Crippen molar-refractivity contribution in [3.05, 3.63) is 0 Å². The van der Waals surface area contributed by atoms with Crippen LogP contribution in [0.3, 0.4) is 0 Å². The molecule has 0 radical (unpaired) electrons. The quantitative estimate of drug-likeness (QED) is 0.670. The van der Waals surface area contributed by atoms with Gasteiger partial charge in [0.15, 0.2) is 0 Å².